The van der Waals surface area contributed by atoms with Crippen molar-refractivity contribution in [2.45, 2.75) is 33.1 Å². The molecule has 1 aliphatic heterocycles. The topological polar surface area (TPSA) is 63.4 Å². The van der Waals surface area contributed by atoms with E-state index in [0.717, 1.165) is 30.6 Å². The summed E-state index contributed by atoms with van der Waals surface area (Å²) in [4.78, 5) is 25.5. The highest BCUT2D eigenvalue weighted by Crippen LogP contribution is 2.30. The largest absolute Gasteiger partial charge is 0.366 e. The number of hydrogen-bond donors (Lipinski definition) is 1. The molecule has 2 amide bonds. The summed E-state index contributed by atoms with van der Waals surface area (Å²) in [5.74, 6) is 0.0322. The first-order valence-electron chi connectivity index (χ1n) is 6.72. The van der Waals surface area contributed by atoms with Gasteiger partial charge in [-0.2, -0.15) is 0 Å². The number of nitrogens with zero attached hydrogens (tertiary/aromatic N) is 1. The third kappa shape index (κ3) is 2.78. The summed E-state index contributed by atoms with van der Waals surface area (Å²) < 4.78 is 0. The van der Waals surface area contributed by atoms with Gasteiger partial charge in [0.05, 0.1) is 0 Å². The number of fused-ring (bicyclic) bond motifs is 1. The molecule has 0 radical (unpaired) electrons. The molecule has 0 atom stereocenters. The molecule has 1 aromatic rings. The van der Waals surface area contributed by atoms with E-state index in [0.29, 0.717) is 17.9 Å². The molecule has 0 spiro atoms. The Kier molecular flexibility index (Phi) is 3.88. The van der Waals surface area contributed by atoms with Crippen molar-refractivity contribution >= 4 is 17.5 Å². The van der Waals surface area contributed by atoms with Crippen molar-refractivity contribution in [1.29, 1.82) is 0 Å². The van der Waals surface area contributed by atoms with Gasteiger partial charge in [-0.05, 0) is 36.5 Å². The quantitative estimate of drug-likeness (QED) is 0.904. The number of anilines is 1. The molecule has 0 aliphatic carbocycles. The second kappa shape index (κ2) is 5.43. The number of nitrogens with two attached hydrogens (primary N) is 1. The minimum atomic E-state index is -0.421. The van der Waals surface area contributed by atoms with Crippen molar-refractivity contribution in [3.8, 4) is 0 Å². The van der Waals surface area contributed by atoms with Crippen molar-refractivity contribution in [2.75, 3.05) is 11.4 Å². The molecule has 102 valence electrons. The number of rotatable bonds is 3. The molecular weight excluding hydrogens is 240 g/mol. The van der Waals surface area contributed by atoms with Crippen LogP contribution < -0.4 is 10.6 Å². The summed E-state index contributed by atoms with van der Waals surface area (Å²) in [6, 6.07) is 5.43. The van der Waals surface area contributed by atoms with Crippen LogP contribution in [0.15, 0.2) is 18.2 Å². The van der Waals surface area contributed by atoms with Crippen LogP contribution in [0.25, 0.3) is 0 Å². The van der Waals surface area contributed by atoms with Crippen molar-refractivity contribution in [3.05, 3.63) is 29.3 Å². The monoisotopic (exact) mass is 260 g/mol. The van der Waals surface area contributed by atoms with Crippen LogP contribution in [0.1, 0.15) is 42.6 Å². The Balaban J connectivity index is 2.37. The summed E-state index contributed by atoms with van der Waals surface area (Å²) >= 11 is 0. The summed E-state index contributed by atoms with van der Waals surface area (Å²) in [7, 11) is 0. The third-order valence-corrected chi connectivity index (χ3v) is 3.40. The fourth-order valence-electron chi connectivity index (χ4n) is 2.57. The van der Waals surface area contributed by atoms with Gasteiger partial charge in [0.25, 0.3) is 0 Å². The third-order valence-electron chi connectivity index (χ3n) is 3.40. The van der Waals surface area contributed by atoms with Crippen molar-refractivity contribution in [1.82, 2.24) is 0 Å². The van der Waals surface area contributed by atoms with Gasteiger partial charge < -0.3 is 10.6 Å². The molecule has 0 saturated heterocycles. The highest BCUT2D eigenvalue weighted by Gasteiger charge is 2.25. The first-order valence-corrected chi connectivity index (χ1v) is 6.72. The van der Waals surface area contributed by atoms with Gasteiger partial charge in [-0.1, -0.05) is 19.9 Å². The maximum Gasteiger partial charge on any atom is 0.249 e. The molecule has 4 heteroatoms. The van der Waals surface area contributed by atoms with Crippen LogP contribution in [0.5, 0.6) is 0 Å². The standard InChI is InChI=1S/C15H20N2O2/c1-10(2)9-14(18)17-8-4-6-11-12(15(16)19)5-3-7-13(11)17/h3,5,7,10H,4,6,8-9H2,1-2H3,(H2,16,19). The van der Waals surface area contributed by atoms with Gasteiger partial charge >= 0.3 is 0 Å². The van der Waals surface area contributed by atoms with Gasteiger partial charge in [0, 0.05) is 24.2 Å². The van der Waals surface area contributed by atoms with Gasteiger partial charge in [0.15, 0.2) is 0 Å². The lowest BCUT2D eigenvalue weighted by Gasteiger charge is -2.31. The average Bonchev–Trinajstić information content (AvgIpc) is 2.36. The maximum atomic E-state index is 12.3. The molecule has 2 N–H and O–H groups in total. The van der Waals surface area contributed by atoms with Gasteiger partial charge in [-0.25, -0.2) is 0 Å². The fourth-order valence-corrected chi connectivity index (χ4v) is 2.57. The molecule has 1 aliphatic rings. The van der Waals surface area contributed by atoms with Gasteiger partial charge in [0.2, 0.25) is 11.8 Å². The van der Waals surface area contributed by atoms with Crippen LogP contribution in [-0.4, -0.2) is 18.4 Å². The van der Waals surface area contributed by atoms with E-state index >= 15 is 0 Å². The molecule has 0 bridgehead atoms. The molecule has 1 heterocycles. The molecule has 19 heavy (non-hydrogen) atoms. The van der Waals surface area contributed by atoms with E-state index in [1.807, 2.05) is 19.9 Å². The van der Waals surface area contributed by atoms with Gasteiger partial charge in [0.1, 0.15) is 0 Å². The highest BCUT2D eigenvalue weighted by molar-refractivity contribution is 6.00. The molecule has 1 aromatic carbocycles. The van der Waals surface area contributed by atoms with E-state index in [4.69, 9.17) is 5.73 Å². The van der Waals surface area contributed by atoms with E-state index in [2.05, 4.69) is 0 Å². The highest BCUT2D eigenvalue weighted by atomic mass is 16.2. The summed E-state index contributed by atoms with van der Waals surface area (Å²) in [6.45, 7) is 4.78. The number of primary amides is 1. The number of carbonyl (C=O) groups excluding carboxylic acids is 2. The number of carbonyl (C=O) groups is 2. The molecule has 0 aromatic heterocycles. The van der Waals surface area contributed by atoms with E-state index in [1.165, 1.54) is 0 Å². The van der Waals surface area contributed by atoms with Crippen LogP contribution in [0.2, 0.25) is 0 Å². The zero-order valence-corrected chi connectivity index (χ0v) is 11.5. The minimum absolute atomic E-state index is 0.123. The Morgan fingerprint density at radius 2 is 2.11 bits per heavy atom. The van der Waals surface area contributed by atoms with Crippen LogP contribution in [0.4, 0.5) is 5.69 Å². The molecule has 0 saturated carbocycles. The van der Waals surface area contributed by atoms with E-state index in [1.54, 1.807) is 17.0 Å². The average molecular weight is 260 g/mol. The second-order valence-electron chi connectivity index (χ2n) is 5.41. The van der Waals surface area contributed by atoms with E-state index in [-0.39, 0.29) is 5.91 Å². The normalized spacial score (nSPS) is 14.4. The lowest BCUT2D eigenvalue weighted by atomic mass is 9.95. The Bertz CT molecular complexity index is 509. The Labute approximate surface area is 113 Å². The predicted octanol–water partition coefficient (Wildman–Crippen LogP) is 2.11. The number of amides is 2. The fraction of sp³-hybridized carbons (Fsp3) is 0.467. The summed E-state index contributed by atoms with van der Waals surface area (Å²) in [6.07, 6.45) is 2.21. The lowest BCUT2D eigenvalue weighted by Crippen LogP contribution is -2.36. The van der Waals surface area contributed by atoms with Gasteiger partial charge in [-0.15, -0.1) is 0 Å². The summed E-state index contributed by atoms with van der Waals surface area (Å²) in [5.41, 5.74) is 7.71. The molecule has 2 rings (SSSR count). The first kappa shape index (κ1) is 13.6. The smallest absolute Gasteiger partial charge is 0.249 e. The minimum Gasteiger partial charge on any atom is -0.366 e. The van der Waals surface area contributed by atoms with E-state index in [9.17, 15) is 9.59 Å². The Morgan fingerprint density at radius 1 is 1.37 bits per heavy atom. The van der Waals surface area contributed by atoms with Gasteiger partial charge in [-0.3, -0.25) is 9.59 Å². The Hall–Kier alpha value is -1.84. The maximum absolute atomic E-state index is 12.3. The molecular formula is C15H20N2O2. The van der Waals surface area contributed by atoms with Crippen LogP contribution in [-0.2, 0) is 11.2 Å². The zero-order chi connectivity index (χ0) is 14.0. The zero-order valence-electron chi connectivity index (χ0n) is 11.5. The SMILES string of the molecule is CC(C)CC(=O)N1CCCc2c(C(N)=O)cccc21. The van der Waals surface area contributed by atoms with Crippen molar-refractivity contribution in [3.63, 3.8) is 0 Å². The first-order chi connectivity index (χ1) is 9.00. The summed E-state index contributed by atoms with van der Waals surface area (Å²) in [5, 5.41) is 0. The number of hydrogen-bond acceptors (Lipinski definition) is 2. The second-order valence-corrected chi connectivity index (χ2v) is 5.41. The molecule has 0 unspecified atom stereocenters. The van der Waals surface area contributed by atoms with Crippen molar-refractivity contribution < 1.29 is 9.59 Å². The predicted molar refractivity (Wildman–Crippen MR) is 75.1 cm³/mol. The molecule has 4 nitrogen and oxygen atoms in total. The van der Waals surface area contributed by atoms with E-state index < -0.39 is 5.91 Å². The number of benzene rings is 1. The van der Waals surface area contributed by atoms with Crippen LogP contribution >= 0.6 is 0 Å². The van der Waals surface area contributed by atoms with Crippen LogP contribution in [0, 0.1) is 5.92 Å². The van der Waals surface area contributed by atoms with Crippen molar-refractivity contribution in [2.24, 2.45) is 11.7 Å². The Morgan fingerprint density at radius 3 is 2.74 bits per heavy atom. The molecule has 0 fully saturated rings. The lowest BCUT2D eigenvalue weighted by molar-refractivity contribution is -0.119. The van der Waals surface area contributed by atoms with Crippen LogP contribution in [0.3, 0.4) is 0 Å².